The predicted octanol–water partition coefficient (Wildman–Crippen LogP) is 1.41. The molecule has 0 spiro atoms. The average molecular weight is 351 g/mol. The summed E-state index contributed by atoms with van der Waals surface area (Å²) in [6, 6.07) is 9.69. The van der Waals surface area contributed by atoms with Crippen LogP contribution < -0.4 is 10.6 Å². The quantitative estimate of drug-likeness (QED) is 0.779. The first-order valence-corrected chi connectivity index (χ1v) is 7.85. The summed E-state index contributed by atoms with van der Waals surface area (Å²) in [5.41, 5.74) is 3.19. The van der Waals surface area contributed by atoms with Crippen molar-refractivity contribution in [1.29, 1.82) is 0 Å². The van der Waals surface area contributed by atoms with Crippen LogP contribution >= 0.6 is 12.4 Å². The highest BCUT2D eigenvalue weighted by Gasteiger charge is 2.28. The van der Waals surface area contributed by atoms with Gasteiger partial charge in [0.05, 0.1) is 23.9 Å². The van der Waals surface area contributed by atoms with Crippen molar-refractivity contribution in [1.82, 2.24) is 20.4 Å². The van der Waals surface area contributed by atoms with Crippen LogP contribution in [0.5, 0.6) is 0 Å². The zero-order chi connectivity index (χ0) is 16.4. The van der Waals surface area contributed by atoms with Crippen molar-refractivity contribution in [3.8, 4) is 11.3 Å². The minimum atomic E-state index is -0.431. The molecule has 1 aromatic carbocycles. The number of halogens is 1. The van der Waals surface area contributed by atoms with Gasteiger partial charge in [0, 0.05) is 19.8 Å². The fourth-order valence-corrected chi connectivity index (χ4v) is 2.91. The summed E-state index contributed by atoms with van der Waals surface area (Å²) in [6.45, 7) is 2.44. The van der Waals surface area contributed by atoms with Crippen LogP contribution in [0, 0.1) is 0 Å². The van der Waals surface area contributed by atoms with Gasteiger partial charge in [-0.05, 0) is 30.5 Å². The van der Waals surface area contributed by atoms with Gasteiger partial charge in [-0.3, -0.25) is 9.48 Å². The number of amides is 1. The van der Waals surface area contributed by atoms with E-state index in [4.69, 9.17) is 0 Å². The molecule has 1 fully saturated rings. The van der Waals surface area contributed by atoms with Crippen molar-refractivity contribution < 1.29 is 9.90 Å². The van der Waals surface area contributed by atoms with Gasteiger partial charge in [0.2, 0.25) is 5.91 Å². The van der Waals surface area contributed by atoms with Gasteiger partial charge >= 0.3 is 0 Å². The summed E-state index contributed by atoms with van der Waals surface area (Å²) in [6.07, 6.45) is 1.81. The van der Waals surface area contributed by atoms with Crippen LogP contribution in [0.1, 0.15) is 24.9 Å². The first-order valence-electron chi connectivity index (χ1n) is 7.85. The number of benzene rings is 1. The molecule has 2 aromatic rings. The molecule has 0 aliphatic carbocycles. The van der Waals surface area contributed by atoms with Gasteiger partial charge in [-0.1, -0.05) is 24.3 Å². The number of aryl methyl sites for hydroxylation is 1. The Hall–Kier alpha value is -1.89. The lowest BCUT2D eigenvalue weighted by Crippen LogP contribution is -2.41. The maximum Gasteiger partial charge on any atom is 0.237 e. The van der Waals surface area contributed by atoms with E-state index in [9.17, 15) is 9.90 Å². The fourth-order valence-electron chi connectivity index (χ4n) is 2.91. The van der Waals surface area contributed by atoms with Crippen LogP contribution in [0.15, 0.2) is 36.5 Å². The van der Waals surface area contributed by atoms with Gasteiger partial charge in [0.25, 0.3) is 0 Å². The number of nitrogens with one attached hydrogen (secondary N) is 2. The molecule has 1 saturated heterocycles. The van der Waals surface area contributed by atoms with Crippen LogP contribution in [-0.4, -0.2) is 39.5 Å². The van der Waals surface area contributed by atoms with Gasteiger partial charge < -0.3 is 15.7 Å². The van der Waals surface area contributed by atoms with Crippen LogP contribution in [0.4, 0.5) is 0 Å². The number of β-amino-alcohol motifs (C(OH)–C–C–N with tert-alkyl or cyclic N) is 1. The highest BCUT2D eigenvalue weighted by atomic mass is 35.5. The minimum Gasteiger partial charge on any atom is -0.392 e. The number of aliphatic hydroxyl groups is 1. The molecule has 1 aliphatic rings. The van der Waals surface area contributed by atoms with Crippen molar-refractivity contribution >= 4 is 18.3 Å². The van der Waals surface area contributed by atoms with E-state index in [1.807, 2.05) is 49.0 Å². The van der Waals surface area contributed by atoms with Gasteiger partial charge in [0.1, 0.15) is 0 Å². The lowest BCUT2D eigenvalue weighted by molar-refractivity contribution is -0.123. The molecule has 24 heavy (non-hydrogen) atoms. The summed E-state index contributed by atoms with van der Waals surface area (Å²) >= 11 is 0. The summed E-state index contributed by atoms with van der Waals surface area (Å²) in [5.74, 6) is -0.0650. The third-order valence-corrected chi connectivity index (χ3v) is 4.31. The molecule has 1 aromatic heterocycles. The predicted molar refractivity (Wildman–Crippen MR) is 94.9 cm³/mol. The Bertz CT molecular complexity index is 686. The second kappa shape index (κ2) is 7.79. The average Bonchev–Trinajstić information content (AvgIpc) is 3.16. The third kappa shape index (κ3) is 3.95. The first kappa shape index (κ1) is 18.4. The zero-order valence-corrected chi connectivity index (χ0v) is 14.6. The monoisotopic (exact) mass is 350 g/mol. The van der Waals surface area contributed by atoms with Crippen LogP contribution in [0.3, 0.4) is 0 Å². The van der Waals surface area contributed by atoms with Gasteiger partial charge in [-0.2, -0.15) is 5.10 Å². The lowest BCUT2D eigenvalue weighted by atomic mass is 10.0. The molecule has 7 heteroatoms. The molecule has 0 saturated carbocycles. The number of aliphatic hydroxyl groups excluding tert-OH is 1. The highest BCUT2D eigenvalue weighted by molar-refractivity contribution is 5.85. The summed E-state index contributed by atoms with van der Waals surface area (Å²) < 4.78 is 1.83. The Kier molecular flexibility index (Phi) is 5.99. The fraction of sp³-hybridized carbons (Fsp3) is 0.412. The number of nitrogens with zero attached hydrogens (tertiary/aromatic N) is 2. The molecule has 6 nitrogen and oxygen atoms in total. The standard InChI is InChI=1S/C17H22N4O2.ClH/c1-11(20-17(23)15-9-14(22)10-18-15)12-3-5-13(6-4-12)16-7-8-19-21(16)2;/h3-8,11,14-15,18,22H,9-10H2,1-2H3,(H,20,23);1H/t11?,14-,15+;/m1./s1. The molecule has 3 rings (SSSR count). The number of hydrogen-bond acceptors (Lipinski definition) is 4. The number of rotatable bonds is 4. The van der Waals surface area contributed by atoms with Crippen molar-refractivity contribution in [2.75, 3.05) is 6.54 Å². The van der Waals surface area contributed by atoms with E-state index < -0.39 is 6.10 Å². The van der Waals surface area contributed by atoms with Crippen LogP contribution in [0.2, 0.25) is 0 Å². The second-order valence-electron chi connectivity index (χ2n) is 6.04. The van der Waals surface area contributed by atoms with Gasteiger partial charge in [-0.15, -0.1) is 12.4 Å². The topological polar surface area (TPSA) is 79.2 Å². The van der Waals surface area contributed by atoms with Gasteiger partial charge in [-0.25, -0.2) is 0 Å². The van der Waals surface area contributed by atoms with Gasteiger partial charge in [0.15, 0.2) is 0 Å². The van der Waals surface area contributed by atoms with Crippen LogP contribution in [0.25, 0.3) is 11.3 Å². The van der Waals surface area contributed by atoms with Crippen molar-refractivity contribution in [2.24, 2.45) is 7.05 Å². The largest absolute Gasteiger partial charge is 0.392 e. The van der Waals surface area contributed by atoms with E-state index in [0.29, 0.717) is 13.0 Å². The number of carbonyl (C=O) groups is 1. The summed E-state index contributed by atoms with van der Waals surface area (Å²) in [7, 11) is 1.91. The molecule has 0 radical (unpaired) electrons. The zero-order valence-electron chi connectivity index (χ0n) is 13.8. The Morgan fingerprint density at radius 3 is 2.62 bits per heavy atom. The Labute approximate surface area is 147 Å². The van der Waals surface area contributed by atoms with E-state index in [1.54, 1.807) is 6.20 Å². The Morgan fingerprint density at radius 1 is 1.38 bits per heavy atom. The molecular weight excluding hydrogens is 328 g/mol. The maximum absolute atomic E-state index is 12.2. The molecule has 130 valence electrons. The van der Waals surface area contributed by atoms with E-state index in [1.165, 1.54) is 0 Å². The molecule has 3 N–H and O–H groups in total. The first-order chi connectivity index (χ1) is 11.0. The highest BCUT2D eigenvalue weighted by Crippen LogP contribution is 2.21. The molecule has 1 amide bonds. The normalized spacial score (nSPS) is 21.1. The molecule has 0 bridgehead atoms. The number of aromatic nitrogens is 2. The summed E-state index contributed by atoms with van der Waals surface area (Å²) in [5, 5.41) is 19.7. The summed E-state index contributed by atoms with van der Waals surface area (Å²) in [4.78, 5) is 12.2. The van der Waals surface area contributed by atoms with Crippen molar-refractivity contribution in [3.05, 3.63) is 42.1 Å². The third-order valence-electron chi connectivity index (χ3n) is 4.31. The Balaban J connectivity index is 0.00000208. The molecule has 2 heterocycles. The molecular formula is C17H23ClN4O2. The minimum absolute atomic E-state index is 0. The maximum atomic E-state index is 12.2. The number of hydrogen-bond donors (Lipinski definition) is 3. The molecule has 1 unspecified atom stereocenters. The molecule has 3 atom stereocenters. The van der Waals surface area contributed by atoms with Crippen molar-refractivity contribution in [3.63, 3.8) is 0 Å². The lowest BCUT2D eigenvalue weighted by Gasteiger charge is -2.18. The van der Waals surface area contributed by atoms with E-state index >= 15 is 0 Å². The number of carbonyl (C=O) groups excluding carboxylic acids is 1. The van der Waals surface area contributed by atoms with Crippen molar-refractivity contribution in [2.45, 2.75) is 31.5 Å². The van der Waals surface area contributed by atoms with E-state index in [2.05, 4.69) is 15.7 Å². The molecule has 1 aliphatic heterocycles. The SMILES string of the molecule is CC(NC(=O)[C@@H]1C[C@@H](O)CN1)c1ccc(-c2ccnn2C)cc1.Cl. The smallest absolute Gasteiger partial charge is 0.237 e. The van der Waals surface area contributed by atoms with E-state index in [-0.39, 0.29) is 30.4 Å². The van der Waals surface area contributed by atoms with E-state index in [0.717, 1.165) is 16.8 Å². The second-order valence-corrected chi connectivity index (χ2v) is 6.04. The Morgan fingerprint density at radius 2 is 2.08 bits per heavy atom. The van der Waals surface area contributed by atoms with Crippen LogP contribution in [-0.2, 0) is 11.8 Å².